The lowest BCUT2D eigenvalue weighted by Gasteiger charge is -2.05. The molecule has 27 heavy (non-hydrogen) atoms. The van der Waals surface area contributed by atoms with E-state index in [9.17, 15) is 9.18 Å². The molecule has 134 valence electrons. The van der Waals surface area contributed by atoms with Crippen molar-refractivity contribution in [3.05, 3.63) is 81.5 Å². The van der Waals surface area contributed by atoms with Crippen LogP contribution in [0.25, 0.3) is 22.6 Å². The normalized spacial score (nSPS) is 10.9. The van der Waals surface area contributed by atoms with Gasteiger partial charge in [-0.3, -0.25) is 4.79 Å². The third-order valence-corrected chi connectivity index (χ3v) is 4.70. The van der Waals surface area contributed by atoms with Crippen molar-refractivity contribution in [3.63, 3.8) is 0 Å². The molecule has 0 radical (unpaired) electrons. The summed E-state index contributed by atoms with van der Waals surface area (Å²) in [6, 6.07) is 16.2. The molecule has 1 N–H and O–H groups in total. The molecule has 4 nitrogen and oxygen atoms in total. The van der Waals surface area contributed by atoms with Gasteiger partial charge in [0, 0.05) is 15.7 Å². The molecule has 0 aliphatic heterocycles. The standard InChI is InChI=1S/C20H11BrClFN2O2/c21-12-3-1-2-11(8-12)19(26)24-14-5-7-18-17(10-14)25-20(27-18)15-6-4-13(23)9-16(15)22/h1-10H,(H,24,26). The minimum absolute atomic E-state index is 0.213. The van der Waals surface area contributed by atoms with E-state index in [1.807, 2.05) is 6.07 Å². The van der Waals surface area contributed by atoms with E-state index in [2.05, 4.69) is 26.2 Å². The number of benzene rings is 3. The Bertz CT molecular complexity index is 1180. The highest BCUT2D eigenvalue weighted by Crippen LogP contribution is 2.31. The van der Waals surface area contributed by atoms with Crippen molar-refractivity contribution < 1.29 is 13.6 Å². The summed E-state index contributed by atoms with van der Waals surface area (Å²) in [5, 5.41) is 3.04. The largest absolute Gasteiger partial charge is 0.436 e. The zero-order valence-corrected chi connectivity index (χ0v) is 16.0. The second-order valence-electron chi connectivity index (χ2n) is 5.79. The van der Waals surface area contributed by atoms with E-state index in [1.54, 1.807) is 36.4 Å². The molecule has 4 aromatic rings. The number of oxazole rings is 1. The fourth-order valence-corrected chi connectivity index (χ4v) is 3.26. The van der Waals surface area contributed by atoms with Crippen LogP contribution in [0.5, 0.6) is 0 Å². The molecule has 7 heteroatoms. The molecule has 0 bridgehead atoms. The Morgan fingerprint density at radius 3 is 2.74 bits per heavy atom. The number of hydrogen-bond acceptors (Lipinski definition) is 3. The number of aromatic nitrogens is 1. The second-order valence-corrected chi connectivity index (χ2v) is 7.11. The van der Waals surface area contributed by atoms with E-state index >= 15 is 0 Å². The number of nitrogens with one attached hydrogen (secondary N) is 1. The molecular formula is C20H11BrClFN2O2. The summed E-state index contributed by atoms with van der Waals surface area (Å²) < 4.78 is 19.7. The highest BCUT2D eigenvalue weighted by molar-refractivity contribution is 9.10. The molecule has 0 aliphatic carbocycles. The number of amides is 1. The Balaban J connectivity index is 1.64. The summed E-state index contributed by atoms with van der Waals surface area (Å²) in [5.74, 6) is -0.385. The van der Waals surface area contributed by atoms with Crippen LogP contribution in [0, 0.1) is 5.82 Å². The van der Waals surface area contributed by atoms with Gasteiger partial charge in [0.25, 0.3) is 5.91 Å². The van der Waals surface area contributed by atoms with E-state index in [-0.39, 0.29) is 16.8 Å². The summed E-state index contributed by atoms with van der Waals surface area (Å²) in [5.41, 5.74) is 2.69. The average Bonchev–Trinajstić information content (AvgIpc) is 3.04. The molecule has 0 fully saturated rings. The molecule has 1 amide bonds. The Labute approximate surface area is 167 Å². The molecule has 4 rings (SSSR count). The van der Waals surface area contributed by atoms with Crippen molar-refractivity contribution >= 4 is 50.2 Å². The predicted octanol–water partition coefficient (Wildman–Crippen LogP) is 6.30. The van der Waals surface area contributed by atoms with Gasteiger partial charge in [-0.2, -0.15) is 0 Å². The third-order valence-electron chi connectivity index (χ3n) is 3.89. The number of nitrogens with zero attached hydrogens (tertiary/aromatic N) is 1. The van der Waals surface area contributed by atoms with E-state index < -0.39 is 5.82 Å². The lowest BCUT2D eigenvalue weighted by molar-refractivity contribution is 0.102. The predicted molar refractivity (Wildman–Crippen MR) is 107 cm³/mol. The first-order chi connectivity index (χ1) is 13.0. The average molecular weight is 446 g/mol. The van der Waals surface area contributed by atoms with Crippen LogP contribution in [0.1, 0.15) is 10.4 Å². The summed E-state index contributed by atoms with van der Waals surface area (Å²) in [4.78, 5) is 16.8. The van der Waals surface area contributed by atoms with Crippen LogP contribution < -0.4 is 5.32 Å². The van der Waals surface area contributed by atoms with Crippen molar-refractivity contribution in [2.45, 2.75) is 0 Å². The van der Waals surface area contributed by atoms with Crippen LogP contribution in [0.15, 0.2) is 69.6 Å². The maximum atomic E-state index is 13.2. The number of halogens is 3. The lowest BCUT2D eigenvalue weighted by Crippen LogP contribution is -2.11. The molecule has 0 saturated heterocycles. The van der Waals surface area contributed by atoms with E-state index in [1.165, 1.54) is 18.2 Å². The fraction of sp³-hybridized carbons (Fsp3) is 0. The van der Waals surface area contributed by atoms with Crippen LogP contribution in [-0.2, 0) is 0 Å². The Kier molecular flexibility index (Phi) is 4.68. The molecular weight excluding hydrogens is 435 g/mol. The van der Waals surface area contributed by atoms with E-state index in [0.29, 0.717) is 27.9 Å². The number of anilines is 1. The number of carbonyl (C=O) groups is 1. The molecule has 0 spiro atoms. The first kappa shape index (κ1) is 17.7. The highest BCUT2D eigenvalue weighted by Gasteiger charge is 2.14. The maximum Gasteiger partial charge on any atom is 0.255 e. The van der Waals surface area contributed by atoms with Gasteiger partial charge in [0.05, 0.1) is 10.6 Å². The Morgan fingerprint density at radius 2 is 1.96 bits per heavy atom. The molecule has 0 saturated carbocycles. The second kappa shape index (κ2) is 7.13. The van der Waals surface area contributed by atoms with E-state index in [0.717, 1.165) is 4.47 Å². The quantitative estimate of drug-likeness (QED) is 0.402. The monoisotopic (exact) mass is 444 g/mol. The van der Waals surface area contributed by atoms with Crippen molar-refractivity contribution in [3.8, 4) is 11.5 Å². The third kappa shape index (κ3) is 3.72. The van der Waals surface area contributed by atoms with Gasteiger partial charge in [0.2, 0.25) is 5.89 Å². The van der Waals surface area contributed by atoms with Gasteiger partial charge in [-0.15, -0.1) is 0 Å². The van der Waals surface area contributed by atoms with Crippen LogP contribution in [0.2, 0.25) is 5.02 Å². The summed E-state index contributed by atoms with van der Waals surface area (Å²) in [7, 11) is 0. The van der Waals surface area contributed by atoms with Crippen LogP contribution in [0.4, 0.5) is 10.1 Å². The SMILES string of the molecule is O=C(Nc1ccc2oc(-c3ccc(F)cc3Cl)nc2c1)c1cccc(Br)c1. The van der Waals surface area contributed by atoms with Crippen molar-refractivity contribution in [2.24, 2.45) is 0 Å². The summed E-state index contributed by atoms with van der Waals surface area (Å²) >= 11 is 9.42. The number of rotatable bonds is 3. The Hall–Kier alpha value is -2.70. The van der Waals surface area contributed by atoms with Gasteiger partial charge < -0.3 is 9.73 Å². The number of hydrogen-bond donors (Lipinski definition) is 1. The van der Waals surface area contributed by atoms with Crippen LogP contribution in [-0.4, -0.2) is 10.9 Å². The van der Waals surface area contributed by atoms with Gasteiger partial charge in [-0.05, 0) is 54.6 Å². The summed E-state index contributed by atoms with van der Waals surface area (Å²) in [6.07, 6.45) is 0. The first-order valence-electron chi connectivity index (χ1n) is 7.92. The highest BCUT2D eigenvalue weighted by atomic mass is 79.9. The van der Waals surface area contributed by atoms with Gasteiger partial charge >= 0.3 is 0 Å². The van der Waals surface area contributed by atoms with Gasteiger partial charge in [-0.25, -0.2) is 9.37 Å². The zero-order chi connectivity index (χ0) is 19.0. The van der Waals surface area contributed by atoms with E-state index in [4.69, 9.17) is 16.0 Å². The van der Waals surface area contributed by atoms with Crippen molar-refractivity contribution in [1.29, 1.82) is 0 Å². The molecule has 1 heterocycles. The zero-order valence-electron chi connectivity index (χ0n) is 13.7. The molecule has 0 aliphatic rings. The smallest absolute Gasteiger partial charge is 0.255 e. The first-order valence-corrected chi connectivity index (χ1v) is 9.09. The summed E-state index contributed by atoms with van der Waals surface area (Å²) in [6.45, 7) is 0. The number of carbonyl (C=O) groups excluding carboxylic acids is 1. The minimum Gasteiger partial charge on any atom is -0.436 e. The lowest BCUT2D eigenvalue weighted by atomic mass is 10.2. The maximum absolute atomic E-state index is 13.2. The topological polar surface area (TPSA) is 55.1 Å². The van der Waals surface area contributed by atoms with Gasteiger partial charge in [-0.1, -0.05) is 33.6 Å². The van der Waals surface area contributed by atoms with Crippen molar-refractivity contribution in [1.82, 2.24) is 4.98 Å². The van der Waals surface area contributed by atoms with Crippen LogP contribution in [0.3, 0.4) is 0 Å². The molecule has 3 aromatic carbocycles. The Morgan fingerprint density at radius 1 is 1.11 bits per heavy atom. The molecule has 1 aromatic heterocycles. The van der Waals surface area contributed by atoms with Gasteiger partial charge in [0.15, 0.2) is 5.58 Å². The van der Waals surface area contributed by atoms with Gasteiger partial charge in [0.1, 0.15) is 11.3 Å². The number of fused-ring (bicyclic) bond motifs is 1. The molecule has 0 atom stereocenters. The molecule has 0 unspecified atom stereocenters. The van der Waals surface area contributed by atoms with Crippen molar-refractivity contribution in [2.75, 3.05) is 5.32 Å². The van der Waals surface area contributed by atoms with Crippen LogP contribution >= 0.6 is 27.5 Å². The minimum atomic E-state index is -0.433. The fourth-order valence-electron chi connectivity index (χ4n) is 2.62.